The lowest BCUT2D eigenvalue weighted by Gasteiger charge is -2.22. The fraction of sp³-hybridized carbons (Fsp3) is 0.611. The highest BCUT2D eigenvalue weighted by Gasteiger charge is 2.14. The van der Waals surface area contributed by atoms with Crippen LogP contribution in [0.4, 0.5) is 5.69 Å². The Kier molecular flexibility index (Phi) is 7.90. The standard InChI is InChI=1S/C18H28N2O3/c1-22-12-3-13-23-17-5-2-4-16(14-17)20-18(21)7-6-15-8-10-19-11-9-15/h2,4-5,14-15,19H,3,6-13H2,1H3,(H,20,21). The van der Waals surface area contributed by atoms with E-state index in [2.05, 4.69) is 10.6 Å². The zero-order chi connectivity index (χ0) is 16.3. The van der Waals surface area contributed by atoms with E-state index in [9.17, 15) is 4.79 Å². The van der Waals surface area contributed by atoms with E-state index < -0.39 is 0 Å². The Hall–Kier alpha value is -1.59. The molecule has 0 aliphatic carbocycles. The second kappa shape index (κ2) is 10.2. The van der Waals surface area contributed by atoms with Crippen molar-refractivity contribution in [3.05, 3.63) is 24.3 Å². The summed E-state index contributed by atoms with van der Waals surface area (Å²) in [7, 11) is 1.68. The molecule has 128 valence electrons. The molecule has 0 unspecified atom stereocenters. The average molecular weight is 320 g/mol. The average Bonchev–Trinajstić information content (AvgIpc) is 2.58. The molecule has 0 aromatic heterocycles. The van der Waals surface area contributed by atoms with Crippen molar-refractivity contribution in [2.24, 2.45) is 5.92 Å². The van der Waals surface area contributed by atoms with Crippen LogP contribution in [-0.4, -0.2) is 39.3 Å². The highest BCUT2D eigenvalue weighted by molar-refractivity contribution is 5.90. The molecular formula is C18H28N2O3. The molecule has 1 aliphatic rings. The maximum absolute atomic E-state index is 12.1. The largest absolute Gasteiger partial charge is 0.493 e. The Bertz CT molecular complexity index is 473. The van der Waals surface area contributed by atoms with Gasteiger partial charge in [-0.25, -0.2) is 0 Å². The number of anilines is 1. The fourth-order valence-electron chi connectivity index (χ4n) is 2.79. The topological polar surface area (TPSA) is 59.6 Å². The number of methoxy groups -OCH3 is 1. The van der Waals surface area contributed by atoms with E-state index >= 15 is 0 Å². The summed E-state index contributed by atoms with van der Waals surface area (Å²) < 4.78 is 10.6. The number of hydrogen-bond donors (Lipinski definition) is 2. The molecule has 0 radical (unpaired) electrons. The minimum absolute atomic E-state index is 0.0834. The van der Waals surface area contributed by atoms with Crippen LogP contribution >= 0.6 is 0 Å². The van der Waals surface area contributed by atoms with Crippen LogP contribution < -0.4 is 15.4 Å². The van der Waals surface area contributed by atoms with Crippen molar-refractivity contribution in [2.75, 3.05) is 38.7 Å². The minimum Gasteiger partial charge on any atom is -0.493 e. The third kappa shape index (κ3) is 7.01. The first-order valence-corrected chi connectivity index (χ1v) is 8.50. The summed E-state index contributed by atoms with van der Waals surface area (Å²) >= 11 is 0. The Morgan fingerprint density at radius 2 is 2.13 bits per heavy atom. The number of benzene rings is 1. The van der Waals surface area contributed by atoms with E-state index in [-0.39, 0.29) is 5.91 Å². The number of piperidine rings is 1. The quantitative estimate of drug-likeness (QED) is 0.687. The molecule has 1 fully saturated rings. The molecule has 1 heterocycles. The maximum atomic E-state index is 12.1. The zero-order valence-electron chi connectivity index (χ0n) is 14.0. The summed E-state index contributed by atoms with van der Waals surface area (Å²) in [6, 6.07) is 7.56. The van der Waals surface area contributed by atoms with Crippen molar-refractivity contribution < 1.29 is 14.3 Å². The summed E-state index contributed by atoms with van der Waals surface area (Å²) in [5, 5.41) is 6.31. The first-order valence-electron chi connectivity index (χ1n) is 8.50. The Morgan fingerprint density at radius 1 is 1.30 bits per heavy atom. The molecule has 23 heavy (non-hydrogen) atoms. The lowest BCUT2D eigenvalue weighted by atomic mass is 9.93. The normalized spacial score (nSPS) is 15.3. The van der Waals surface area contributed by atoms with Gasteiger partial charge in [0.25, 0.3) is 0 Å². The second-order valence-electron chi connectivity index (χ2n) is 6.00. The van der Waals surface area contributed by atoms with Crippen molar-refractivity contribution in [2.45, 2.75) is 32.1 Å². The molecule has 0 bridgehead atoms. The van der Waals surface area contributed by atoms with Crippen LogP contribution in [0.5, 0.6) is 5.75 Å². The van der Waals surface area contributed by atoms with Crippen LogP contribution in [0, 0.1) is 5.92 Å². The number of carbonyl (C=O) groups is 1. The van der Waals surface area contributed by atoms with Crippen LogP contribution in [-0.2, 0) is 9.53 Å². The summed E-state index contributed by atoms with van der Waals surface area (Å²) in [4.78, 5) is 12.1. The van der Waals surface area contributed by atoms with Crippen LogP contribution in [0.2, 0.25) is 0 Å². The lowest BCUT2D eigenvalue weighted by molar-refractivity contribution is -0.116. The van der Waals surface area contributed by atoms with Gasteiger partial charge < -0.3 is 20.1 Å². The van der Waals surface area contributed by atoms with E-state index in [0.29, 0.717) is 25.6 Å². The van der Waals surface area contributed by atoms with Crippen LogP contribution in [0.3, 0.4) is 0 Å². The molecule has 1 aromatic carbocycles. The summed E-state index contributed by atoms with van der Waals surface area (Å²) in [5.74, 6) is 1.54. The van der Waals surface area contributed by atoms with E-state index in [1.807, 2.05) is 24.3 Å². The molecule has 2 rings (SSSR count). The molecule has 1 amide bonds. The van der Waals surface area contributed by atoms with Gasteiger partial charge in [-0.1, -0.05) is 6.07 Å². The van der Waals surface area contributed by atoms with Crippen LogP contribution in [0.15, 0.2) is 24.3 Å². The summed E-state index contributed by atoms with van der Waals surface area (Å²) in [6.45, 7) is 3.46. The predicted octanol–water partition coefficient (Wildman–Crippen LogP) is 2.82. The minimum atomic E-state index is 0.0834. The molecule has 0 saturated carbocycles. The summed E-state index contributed by atoms with van der Waals surface area (Å²) in [6.07, 6.45) is 4.77. The molecule has 2 N–H and O–H groups in total. The van der Waals surface area contributed by atoms with Crippen molar-refractivity contribution >= 4 is 11.6 Å². The molecule has 0 atom stereocenters. The third-order valence-corrected chi connectivity index (χ3v) is 4.12. The lowest BCUT2D eigenvalue weighted by Crippen LogP contribution is -2.28. The van der Waals surface area contributed by atoms with Crippen LogP contribution in [0.1, 0.15) is 32.1 Å². The molecule has 5 nitrogen and oxygen atoms in total. The Balaban J connectivity index is 1.71. The van der Waals surface area contributed by atoms with Crippen molar-refractivity contribution in [3.63, 3.8) is 0 Å². The summed E-state index contributed by atoms with van der Waals surface area (Å²) in [5.41, 5.74) is 0.796. The number of rotatable bonds is 9. The van der Waals surface area contributed by atoms with Gasteiger partial charge >= 0.3 is 0 Å². The van der Waals surface area contributed by atoms with Gasteiger partial charge in [0.05, 0.1) is 6.61 Å². The van der Waals surface area contributed by atoms with Gasteiger partial charge in [-0.05, 0) is 50.4 Å². The van der Waals surface area contributed by atoms with Gasteiger partial charge in [-0.2, -0.15) is 0 Å². The molecule has 1 aromatic rings. The van der Waals surface area contributed by atoms with Crippen molar-refractivity contribution in [1.82, 2.24) is 5.32 Å². The van der Waals surface area contributed by atoms with E-state index in [4.69, 9.17) is 9.47 Å². The van der Waals surface area contributed by atoms with Gasteiger partial charge in [-0.15, -0.1) is 0 Å². The monoisotopic (exact) mass is 320 g/mol. The molecule has 1 aliphatic heterocycles. The first kappa shape index (κ1) is 17.8. The zero-order valence-corrected chi connectivity index (χ0v) is 14.0. The number of hydrogen-bond acceptors (Lipinski definition) is 4. The third-order valence-electron chi connectivity index (χ3n) is 4.12. The molecule has 0 spiro atoms. The number of carbonyl (C=O) groups excluding carboxylic acids is 1. The van der Waals surface area contributed by atoms with Gasteiger partial charge in [-0.3, -0.25) is 4.79 Å². The van der Waals surface area contributed by atoms with Crippen molar-refractivity contribution in [3.8, 4) is 5.75 Å². The van der Waals surface area contributed by atoms with E-state index in [0.717, 1.165) is 37.4 Å². The van der Waals surface area contributed by atoms with Crippen LogP contribution in [0.25, 0.3) is 0 Å². The van der Waals surface area contributed by atoms with E-state index in [1.165, 1.54) is 12.8 Å². The fourth-order valence-corrected chi connectivity index (χ4v) is 2.79. The highest BCUT2D eigenvalue weighted by Crippen LogP contribution is 2.20. The van der Waals surface area contributed by atoms with E-state index in [1.54, 1.807) is 7.11 Å². The number of ether oxygens (including phenoxy) is 2. The Labute approximate surface area is 138 Å². The number of nitrogens with one attached hydrogen (secondary N) is 2. The second-order valence-corrected chi connectivity index (χ2v) is 6.00. The first-order chi connectivity index (χ1) is 11.3. The molecular weight excluding hydrogens is 292 g/mol. The van der Waals surface area contributed by atoms with Crippen molar-refractivity contribution in [1.29, 1.82) is 0 Å². The SMILES string of the molecule is COCCCOc1cccc(NC(=O)CCC2CCNCC2)c1. The maximum Gasteiger partial charge on any atom is 0.224 e. The smallest absolute Gasteiger partial charge is 0.224 e. The predicted molar refractivity (Wildman–Crippen MR) is 91.9 cm³/mol. The Morgan fingerprint density at radius 3 is 2.91 bits per heavy atom. The van der Waals surface area contributed by atoms with Gasteiger partial charge in [0.1, 0.15) is 5.75 Å². The highest BCUT2D eigenvalue weighted by atomic mass is 16.5. The van der Waals surface area contributed by atoms with Gasteiger partial charge in [0.15, 0.2) is 0 Å². The molecule has 1 saturated heterocycles. The van der Waals surface area contributed by atoms with Gasteiger partial charge in [0, 0.05) is 38.3 Å². The van der Waals surface area contributed by atoms with Gasteiger partial charge in [0.2, 0.25) is 5.91 Å². The molecule has 5 heteroatoms. The number of amides is 1.